The zero-order chi connectivity index (χ0) is 19.6. The van der Waals surface area contributed by atoms with Gasteiger partial charge in [-0.25, -0.2) is 9.37 Å². The molecule has 2 heterocycles. The monoisotopic (exact) mass is 393 g/mol. The number of hydrogen-bond donors (Lipinski definition) is 1. The van der Waals surface area contributed by atoms with Crippen LogP contribution in [0.1, 0.15) is 17.0 Å². The Morgan fingerprint density at radius 2 is 2.15 bits per heavy atom. The van der Waals surface area contributed by atoms with Crippen molar-refractivity contribution in [3.8, 4) is 0 Å². The van der Waals surface area contributed by atoms with Crippen molar-refractivity contribution in [3.05, 3.63) is 52.0 Å². The minimum Gasteiger partial charge on any atom is -0.395 e. The van der Waals surface area contributed by atoms with E-state index in [9.17, 15) is 19.3 Å². The topological polar surface area (TPSA) is 93.9 Å². The van der Waals surface area contributed by atoms with E-state index in [0.717, 1.165) is 12.6 Å². The van der Waals surface area contributed by atoms with Crippen LogP contribution in [0.15, 0.2) is 34.7 Å². The van der Waals surface area contributed by atoms with E-state index in [-0.39, 0.29) is 11.6 Å². The van der Waals surface area contributed by atoms with Gasteiger partial charge in [-0.2, -0.15) is 0 Å². The summed E-state index contributed by atoms with van der Waals surface area (Å²) >= 11 is 1.19. The van der Waals surface area contributed by atoms with Gasteiger partial charge in [0.1, 0.15) is 10.7 Å². The van der Waals surface area contributed by atoms with E-state index in [4.69, 9.17) is 4.42 Å². The van der Waals surface area contributed by atoms with E-state index in [1.54, 1.807) is 6.07 Å². The summed E-state index contributed by atoms with van der Waals surface area (Å²) < 4.78 is 19.1. The van der Waals surface area contributed by atoms with Gasteiger partial charge in [-0.05, 0) is 24.3 Å². The molecule has 142 valence electrons. The number of aromatic nitrogens is 1. The maximum Gasteiger partial charge on any atom is 0.433 e. The molecule has 10 heteroatoms. The van der Waals surface area contributed by atoms with Crippen molar-refractivity contribution < 1.29 is 23.4 Å². The number of hydrogen-bond acceptors (Lipinski definition) is 6. The lowest BCUT2D eigenvalue weighted by molar-refractivity contribution is -0.858. The van der Waals surface area contributed by atoms with E-state index in [0.29, 0.717) is 28.3 Å². The largest absolute Gasteiger partial charge is 0.433 e. The summed E-state index contributed by atoms with van der Waals surface area (Å²) in [5.41, 5.74) is 0.581. The van der Waals surface area contributed by atoms with Crippen molar-refractivity contribution >= 4 is 38.5 Å². The maximum absolute atomic E-state index is 13.5. The number of nitrogens with zero attached hydrogens (tertiary/aromatic N) is 3. The van der Waals surface area contributed by atoms with Crippen LogP contribution < -0.4 is 9.80 Å². The molecule has 0 saturated carbocycles. The third kappa shape index (κ3) is 4.29. The summed E-state index contributed by atoms with van der Waals surface area (Å²) in [7, 11) is 4.00. The molecule has 3 aromatic rings. The first-order valence-electron chi connectivity index (χ1n) is 8.26. The fourth-order valence-electron chi connectivity index (χ4n) is 2.55. The molecule has 1 aromatic carbocycles. The molecule has 0 bridgehead atoms. The number of nitro groups is 1. The molecule has 8 nitrogen and oxygen atoms in total. The quantitative estimate of drug-likeness (QED) is 0.490. The molecule has 0 aliphatic heterocycles. The Morgan fingerprint density at radius 3 is 2.81 bits per heavy atom. The van der Waals surface area contributed by atoms with Crippen LogP contribution >= 0.6 is 11.3 Å². The summed E-state index contributed by atoms with van der Waals surface area (Å²) in [5.74, 6) is -1.53. The highest BCUT2D eigenvalue weighted by Crippen LogP contribution is 2.31. The second kappa shape index (κ2) is 7.80. The first-order valence-corrected chi connectivity index (χ1v) is 9.08. The van der Waals surface area contributed by atoms with Gasteiger partial charge in [0.25, 0.3) is 5.91 Å². The van der Waals surface area contributed by atoms with Crippen molar-refractivity contribution in [1.29, 1.82) is 0 Å². The van der Waals surface area contributed by atoms with Crippen molar-refractivity contribution in [1.82, 2.24) is 4.98 Å². The summed E-state index contributed by atoms with van der Waals surface area (Å²) in [5, 5.41) is 11.2. The summed E-state index contributed by atoms with van der Waals surface area (Å²) in [6, 6.07) is 6.64. The number of carbonyl (C=O) groups excluding carboxylic acids is 1. The molecule has 0 radical (unpaired) electrons. The van der Waals surface area contributed by atoms with Crippen LogP contribution in [0.3, 0.4) is 0 Å². The van der Waals surface area contributed by atoms with Crippen molar-refractivity contribution in [2.45, 2.75) is 6.42 Å². The SMILES string of the molecule is C[NH+](C)CCCN(C(=O)c1ccc([N+](=O)[O-])o1)c1nc2ccc(F)cc2s1. The van der Waals surface area contributed by atoms with Crippen molar-refractivity contribution in [2.75, 3.05) is 32.1 Å². The third-order valence-electron chi connectivity index (χ3n) is 3.86. The molecule has 0 spiro atoms. The summed E-state index contributed by atoms with van der Waals surface area (Å²) in [4.78, 5) is 30.1. The highest BCUT2D eigenvalue weighted by molar-refractivity contribution is 7.22. The standard InChI is InChI=1S/C17H17FN4O4S/c1-20(2)8-3-9-21(16(23)13-6-7-15(26-13)22(24)25)17-19-12-5-4-11(18)10-14(12)27-17/h4-7,10H,3,8-9H2,1-2H3/p+1. The number of carbonyl (C=O) groups is 1. The van der Waals surface area contributed by atoms with Gasteiger partial charge in [0.05, 0.1) is 36.9 Å². The molecule has 0 aliphatic carbocycles. The summed E-state index contributed by atoms with van der Waals surface area (Å²) in [6.45, 7) is 1.18. The van der Waals surface area contributed by atoms with Gasteiger partial charge in [-0.1, -0.05) is 11.3 Å². The van der Waals surface area contributed by atoms with Crippen LogP contribution in [0, 0.1) is 15.9 Å². The predicted molar refractivity (Wildman–Crippen MR) is 98.9 cm³/mol. The van der Waals surface area contributed by atoms with Crippen LogP contribution in [0.2, 0.25) is 0 Å². The lowest BCUT2D eigenvalue weighted by Crippen LogP contribution is -3.05. The average Bonchev–Trinajstić information content (AvgIpc) is 3.24. The molecule has 0 fully saturated rings. The van der Waals surface area contributed by atoms with Crippen LogP contribution in [-0.4, -0.2) is 43.0 Å². The molecular weight excluding hydrogens is 375 g/mol. The maximum atomic E-state index is 13.5. The Balaban J connectivity index is 1.93. The Hall–Kier alpha value is -2.85. The number of amides is 1. The van der Waals surface area contributed by atoms with Gasteiger partial charge < -0.3 is 9.32 Å². The second-order valence-electron chi connectivity index (χ2n) is 6.27. The molecule has 0 aliphatic rings. The van der Waals surface area contributed by atoms with Crippen LogP contribution in [0.4, 0.5) is 15.4 Å². The van der Waals surface area contributed by atoms with E-state index < -0.39 is 16.7 Å². The number of quaternary nitrogens is 1. The fourth-order valence-corrected chi connectivity index (χ4v) is 3.57. The van der Waals surface area contributed by atoms with E-state index in [2.05, 4.69) is 4.98 Å². The first kappa shape index (κ1) is 18.9. The predicted octanol–water partition coefficient (Wildman–Crippen LogP) is 2.12. The molecular formula is C17H18FN4O4S+. The molecule has 3 rings (SSSR count). The van der Waals surface area contributed by atoms with Crippen molar-refractivity contribution in [2.24, 2.45) is 0 Å². The number of halogens is 1. The highest BCUT2D eigenvalue weighted by Gasteiger charge is 2.26. The number of benzene rings is 1. The molecule has 27 heavy (non-hydrogen) atoms. The van der Waals surface area contributed by atoms with Crippen LogP contribution in [0.5, 0.6) is 0 Å². The van der Waals surface area contributed by atoms with Crippen LogP contribution in [-0.2, 0) is 0 Å². The third-order valence-corrected chi connectivity index (χ3v) is 4.90. The number of thiazole rings is 1. The minimum atomic E-state index is -0.697. The zero-order valence-electron chi connectivity index (χ0n) is 14.8. The molecule has 0 unspecified atom stereocenters. The Morgan fingerprint density at radius 1 is 1.37 bits per heavy atom. The normalized spacial score (nSPS) is 11.3. The van der Waals surface area contributed by atoms with Gasteiger partial charge in [-0.15, -0.1) is 0 Å². The number of nitrogens with one attached hydrogen (secondary N) is 1. The molecule has 0 saturated heterocycles. The Bertz CT molecular complexity index is 984. The molecule has 1 N–H and O–H groups in total. The van der Waals surface area contributed by atoms with E-state index in [1.807, 2.05) is 14.1 Å². The lowest BCUT2D eigenvalue weighted by atomic mass is 10.3. The zero-order valence-corrected chi connectivity index (χ0v) is 15.6. The van der Waals surface area contributed by atoms with Gasteiger partial charge >= 0.3 is 5.88 Å². The number of furan rings is 1. The average molecular weight is 393 g/mol. The number of anilines is 1. The Labute approximate surface area is 158 Å². The minimum absolute atomic E-state index is 0.135. The van der Waals surface area contributed by atoms with E-state index in [1.165, 1.54) is 39.3 Å². The van der Waals surface area contributed by atoms with Crippen LogP contribution in [0.25, 0.3) is 10.2 Å². The fraction of sp³-hybridized carbons (Fsp3) is 0.294. The van der Waals surface area contributed by atoms with E-state index >= 15 is 0 Å². The van der Waals surface area contributed by atoms with Gasteiger partial charge in [0.2, 0.25) is 0 Å². The smallest absolute Gasteiger partial charge is 0.395 e. The van der Waals surface area contributed by atoms with Crippen molar-refractivity contribution in [3.63, 3.8) is 0 Å². The summed E-state index contributed by atoms with van der Waals surface area (Å²) in [6.07, 6.45) is 0.696. The molecule has 0 atom stereocenters. The van der Waals surface area contributed by atoms with Gasteiger partial charge in [-0.3, -0.25) is 19.8 Å². The Kier molecular flexibility index (Phi) is 5.47. The number of fused-ring (bicyclic) bond motifs is 1. The second-order valence-corrected chi connectivity index (χ2v) is 7.28. The molecule has 1 amide bonds. The lowest BCUT2D eigenvalue weighted by Gasteiger charge is -2.19. The van der Waals surface area contributed by atoms with Gasteiger partial charge in [0, 0.05) is 13.0 Å². The molecule has 2 aromatic heterocycles. The highest BCUT2D eigenvalue weighted by atomic mass is 32.1. The first-order chi connectivity index (χ1) is 12.8. The number of rotatable bonds is 7. The van der Waals surface area contributed by atoms with Gasteiger partial charge in [0.15, 0.2) is 10.9 Å².